The highest BCUT2D eigenvalue weighted by Gasteiger charge is 2.15. The number of amides is 5. The number of nitrogens with one attached hydrogen (secondary N) is 4. The molecular weight excluding hydrogens is 500 g/mol. The van der Waals surface area contributed by atoms with Crippen LogP contribution in [0.5, 0.6) is 0 Å². The second kappa shape index (κ2) is 22.9. The van der Waals surface area contributed by atoms with E-state index in [1.807, 2.05) is 0 Å². The maximum atomic E-state index is 11.6. The van der Waals surface area contributed by atoms with Gasteiger partial charge in [0.15, 0.2) is 0 Å². The molecule has 0 rings (SSSR count). The molecule has 208 valence electrons. The Balaban J connectivity index is 3.40. The molecule has 0 bridgehead atoms. The van der Waals surface area contributed by atoms with Gasteiger partial charge in [-0.15, -0.1) is 0 Å². The van der Waals surface area contributed by atoms with E-state index in [1.165, 1.54) is 0 Å². The molecular formula is C20H38N6O9S. The van der Waals surface area contributed by atoms with Crippen LogP contribution in [0.3, 0.4) is 0 Å². The Morgan fingerprint density at radius 2 is 1.14 bits per heavy atom. The molecule has 0 unspecified atom stereocenters. The molecule has 1 atom stereocenters. The third kappa shape index (κ3) is 20.8. The molecule has 0 saturated heterocycles. The number of primary amides is 1. The average molecular weight is 539 g/mol. The number of ether oxygens (including phenoxy) is 4. The summed E-state index contributed by atoms with van der Waals surface area (Å²) < 4.78 is 21.3. The quantitative estimate of drug-likeness (QED) is 0.0489. The maximum absolute atomic E-state index is 11.6. The maximum Gasteiger partial charge on any atom is 0.240 e. The number of nitrogens with two attached hydrogens (primary N) is 2. The van der Waals surface area contributed by atoms with Crippen LogP contribution >= 0.6 is 12.6 Å². The van der Waals surface area contributed by atoms with Crippen molar-refractivity contribution in [3.05, 3.63) is 0 Å². The normalized spacial score (nSPS) is 11.4. The fourth-order valence-corrected chi connectivity index (χ4v) is 2.49. The molecule has 0 radical (unpaired) electrons. The number of carbonyl (C=O) groups excluding carboxylic acids is 5. The van der Waals surface area contributed by atoms with Crippen molar-refractivity contribution < 1.29 is 42.9 Å². The molecule has 0 aromatic heterocycles. The Kier molecular flexibility index (Phi) is 21.3. The van der Waals surface area contributed by atoms with E-state index in [0.29, 0.717) is 39.6 Å². The van der Waals surface area contributed by atoms with Gasteiger partial charge in [-0.25, -0.2) is 0 Å². The lowest BCUT2D eigenvalue weighted by atomic mass is 10.3. The summed E-state index contributed by atoms with van der Waals surface area (Å²) in [6.45, 7) is 2.12. The smallest absolute Gasteiger partial charge is 0.240 e. The van der Waals surface area contributed by atoms with E-state index in [9.17, 15) is 24.0 Å². The largest absolute Gasteiger partial charge is 0.379 e. The van der Waals surface area contributed by atoms with Crippen LogP contribution in [0.4, 0.5) is 0 Å². The van der Waals surface area contributed by atoms with Crippen LogP contribution in [0, 0.1) is 0 Å². The van der Waals surface area contributed by atoms with Gasteiger partial charge in [-0.05, 0) is 0 Å². The van der Waals surface area contributed by atoms with Crippen molar-refractivity contribution in [2.75, 3.05) is 84.8 Å². The SMILES string of the molecule is NCC(=O)NCC(=O)NCC(=O)NCCOCCOCCOCCOCCC(=O)N[C@@H](CS)C(N)=O. The summed E-state index contributed by atoms with van der Waals surface area (Å²) in [6.07, 6.45) is 0.0947. The molecule has 8 N–H and O–H groups in total. The van der Waals surface area contributed by atoms with Crippen molar-refractivity contribution in [2.45, 2.75) is 12.5 Å². The molecule has 0 aliphatic heterocycles. The van der Waals surface area contributed by atoms with Crippen LogP contribution in [-0.2, 0) is 42.9 Å². The second-order valence-electron chi connectivity index (χ2n) is 7.01. The topological polar surface area (TPSA) is 222 Å². The van der Waals surface area contributed by atoms with Crippen molar-refractivity contribution in [3.63, 3.8) is 0 Å². The molecule has 0 spiro atoms. The fourth-order valence-electron chi connectivity index (χ4n) is 2.22. The highest BCUT2D eigenvalue weighted by Crippen LogP contribution is 1.91. The third-order valence-corrected chi connectivity index (χ3v) is 4.46. The molecule has 0 saturated carbocycles. The van der Waals surface area contributed by atoms with E-state index >= 15 is 0 Å². The van der Waals surface area contributed by atoms with Crippen LogP contribution < -0.4 is 32.7 Å². The summed E-state index contributed by atoms with van der Waals surface area (Å²) >= 11 is 3.94. The van der Waals surface area contributed by atoms with Crippen molar-refractivity contribution in [1.82, 2.24) is 21.3 Å². The summed E-state index contributed by atoms with van der Waals surface area (Å²) in [5.74, 6) is -2.20. The minimum Gasteiger partial charge on any atom is -0.379 e. The van der Waals surface area contributed by atoms with Crippen LogP contribution in [0.1, 0.15) is 6.42 Å². The predicted molar refractivity (Wildman–Crippen MR) is 131 cm³/mol. The molecule has 15 nitrogen and oxygen atoms in total. The first-order chi connectivity index (χ1) is 17.3. The van der Waals surface area contributed by atoms with E-state index in [0.717, 1.165) is 0 Å². The Bertz CT molecular complexity index is 672. The minimum atomic E-state index is -0.799. The third-order valence-electron chi connectivity index (χ3n) is 4.10. The van der Waals surface area contributed by atoms with Crippen LogP contribution in [0.2, 0.25) is 0 Å². The van der Waals surface area contributed by atoms with Gasteiger partial charge in [-0.1, -0.05) is 0 Å². The van der Waals surface area contributed by atoms with Gasteiger partial charge < -0.3 is 51.7 Å². The number of hydrogen-bond acceptors (Lipinski definition) is 11. The molecule has 16 heteroatoms. The van der Waals surface area contributed by atoms with Crippen molar-refractivity contribution >= 4 is 42.2 Å². The first-order valence-corrected chi connectivity index (χ1v) is 11.9. The van der Waals surface area contributed by atoms with E-state index in [-0.39, 0.29) is 63.4 Å². The Morgan fingerprint density at radius 1 is 0.667 bits per heavy atom. The average Bonchev–Trinajstić information content (AvgIpc) is 2.86. The standard InChI is InChI=1S/C20H38N6O9S/c21-11-17(28)24-13-19(30)25-12-18(29)23-2-4-33-6-8-35-10-9-34-7-5-32-3-1-16(27)26-15(14-36)20(22)31/h15,36H,1-14,21H2,(H2,22,31)(H,23,29)(H,24,28)(H,25,30)(H,26,27)/t15-/m0/s1. The first-order valence-electron chi connectivity index (χ1n) is 11.3. The lowest BCUT2D eigenvalue weighted by molar-refractivity contribution is -0.127. The van der Waals surface area contributed by atoms with E-state index in [1.54, 1.807) is 0 Å². The summed E-state index contributed by atoms with van der Waals surface area (Å²) in [6, 6.07) is -0.799. The van der Waals surface area contributed by atoms with Gasteiger partial charge in [0.2, 0.25) is 29.5 Å². The molecule has 0 fully saturated rings. The van der Waals surface area contributed by atoms with Crippen LogP contribution in [0.15, 0.2) is 0 Å². The summed E-state index contributed by atoms with van der Waals surface area (Å²) in [4.78, 5) is 56.6. The van der Waals surface area contributed by atoms with Gasteiger partial charge >= 0.3 is 0 Å². The van der Waals surface area contributed by atoms with Crippen molar-refractivity contribution in [2.24, 2.45) is 11.5 Å². The van der Waals surface area contributed by atoms with Gasteiger partial charge in [0, 0.05) is 18.7 Å². The molecule has 0 aliphatic rings. The molecule has 36 heavy (non-hydrogen) atoms. The number of rotatable bonds is 23. The van der Waals surface area contributed by atoms with Crippen LogP contribution in [0.25, 0.3) is 0 Å². The lowest BCUT2D eigenvalue weighted by Gasteiger charge is -2.12. The minimum absolute atomic E-state index is 0.0947. The Labute approximate surface area is 215 Å². The van der Waals surface area contributed by atoms with E-state index in [2.05, 4.69) is 33.9 Å². The zero-order valence-corrected chi connectivity index (χ0v) is 21.1. The van der Waals surface area contributed by atoms with E-state index in [4.69, 9.17) is 30.4 Å². The number of carbonyl (C=O) groups is 5. The number of thiol groups is 1. The second-order valence-corrected chi connectivity index (χ2v) is 7.38. The Hall–Kier alpha value is -2.50. The first kappa shape index (κ1) is 33.5. The summed E-state index contributed by atoms with van der Waals surface area (Å²) in [7, 11) is 0. The molecule has 0 aromatic rings. The van der Waals surface area contributed by atoms with Gasteiger partial charge in [-0.2, -0.15) is 12.6 Å². The van der Waals surface area contributed by atoms with Crippen molar-refractivity contribution in [1.29, 1.82) is 0 Å². The summed E-state index contributed by atoms with van der Waals surface area (Å²) in [5.41, 5.74) is 10.2. The van der Waals surface area contributed by atoms with E-state index < -0.39 is 23.8 Å². The van der Waals surface area contributed by atoms with Crippen molar-refractivity contribution in [3.8, 4) is 0 Å². The highest BCUT2D eigenvalue weighted by atomic mass is 32.1. The lowest BCUT2D eigenvalue weighted by Crippen LogP contribution is -2.45. The highest BCUT2D eigenvalue weighted by molar-refractivity contribution is 7.80. The summed E-state index contributed by atoms with van der Waals surface area (Å²) in [5, 5.41) is 9.68. The molecule has 0 heterocycles. The molecule has 0 aromatic carbocycles. The number of hydrogen-bond donors (Lipinski definition) is 7. The van der Waals surface area contributed by atoms with Crippen LogP contribution in [-0.4, -0.2) is 120 Å². The van der Waals surface area contributed by atoms with Gasteiger partial charge in [0.1, 0.15) is 6.04 Å². The Morgan fingerprint density at radius 3 is 1.64 bits per heavy atom. The van der Waals surface area contributed by atoms with Gasteiger partial charge in [0.05, 0.1) is 72.5 Å². The fraction of sp³-hybridized carbons (Fsp3) is 0.750. The molecule has 5 amide bonds. The zero-order valence-electron chi connectivity index (χ0n) is 20.3. The predicted octanol–water partition coefficient (Wildman–Crippen LogP) is -4.35. The van der Waals surface area contributed by atoms with Gasteiger partial charge in [0.25, 0.3) is 0 Å². The van der Waals surface area contributed by atoms with Gasteiger partial charge in [-0.3, -0.25) is 24.0 Å². The zero-order chi connectivity index (χ0) is 27.0. The monoisotopic (exact) mass is 538 g/mol. The molecule has 0 aliphatic carbocycles.